The maximum absolute atomic E-state index is 5.03. The van der Waals surface area contributed by atoms with Crippen molar-refractivity contribution in [3.8, 4) is 0 Å². The Balaban J connectivity index is 0.000000762. The van der Waals surface area contributed by atoms with Crippen molar-refractivity contribution in [2.75, 3.05) is 10.6 Å². The van der Waals surface area contributed by atoms with Gasteiger partial charge in [-0.25, -0.2) is 0 Å². The third kappa shape index (κ3) is 17.9. The van der Waals surface area contributed by atoms with Gasteiger partial charge in [-0.2, -0.15) is 0 Å². The summed E-state index contributed by atoms with van der Waals surface area (Å²) in [5.41, 5.74) is 8.01. The van der Waals surface area contributed by atoms with Gasteiger partial charge in [-0.15, -0.1) is 0 Å². The fraction of sp³-hybridized carbons (Fsp3) is 0.588. The van der Waals surface area contributed by atoms with Gasteiger partial charge in [0.2, 0.25) is 0 Å². The summed E-state index contributed by atoms with van der Waals surface area (Å²) in [4.78, 5) is 0. The maximum atomic E-state index is 5.03. The molecule has 41 heavy (non-hydrogen) atoms. The Morgan fingerprint density at radius 3 is 1.15 bits per heavy atom. The number of rotatable bonds is 18. The van der Waals surface area contributed by atoms with Crippen molar-refractivity contribution >= 4 is 69.7 Å². The molecule has 0 radical (unpaired) electrons. The quantitative estimate of drug-likeness (QED) is 0.0703. The van der Waals surface area contributed by atoms with E-state index in [1.807, 2.05) is 0 Å². The molecule has 2 aromatic rings. The monoisotopic (exact) mass is 680 g/mol. The van der Waals surface area contributed by atoms with Crippen molar-refractivity contribution in [3.05, 3.63) is 58.7 Å². The van der Waals surface area contributed by atoms with E-state index in [0.29, 0.717) is 8.64 Å². The van der Waals surface area contributed by atoms with Crippen LogP contribution in [0, 0.1) is 0 Å². The van der Waals surface area contributed by atoms with Crippen molar-refractivity contribution in [1.29, 1.82) is 0 Å². The van der Waals surface area contributed by atoms with Crippen molar-refractivity contribution < 1.29 is 19.5 Å². The second-order valence-electron chi connectivity index (χ2n) is 10.5. The molecule has 0 saturated carbocycles. The first-order valence-corrected chi connectivity index (χ1v) is 17.2. The molecule has 2 aromatic carbocycles. The number of hydrogen-bond donors (Lipinski definition) is 2. The van der Waals surface area contributed by atoms with Crippen LogP contribution >= 0.6 is 24.4 Å². The van der Waals surface area contributed by atoms with Crippen molar-refractivity contribution in [3.63, 3.8) is 0 Å². The van der Waals surface area contributed by atoms with Crippen molar-refractivity contribution in [2.45, 2.75) is 130 Å². The van der Waals surface area contributed by atoms with Crippen LogP contribution in [0.4, 0.5) is 11.4 Å². The van der Waals surface area contributed by atoms with E-state index in [-0.39, 0.29) is 19.5 Å². The Bertz CT molecular complexity index is 917. The van der Waals surface area contributed by atoms with Crippen LogP contribution in [0.3, 0.4) is 0 Å². The molecule has 0 amide bonds. The zero-order valence-electron chi connectivity index (χ0n) is 26.1. The molecule has 0 aliphatic heterocycles. The van der Waals surface area contributed by atoms with Gasteiger partial charge in [0.15, 0.2) is 0 Å². The molecular formula is C34H52N2S4Zn. The molecule has 2 N–H and O–H groups in total. The van der Waals surface area contributed by atoms with Gasteiger partial charge in [0.25, 0.3) is 0 Å². The SMILES string of the molecule is CCCCCc1cccc(NC(=S)[S-])c1CCCCC.CCCCCc1cccc(NC(=S)[S-])c1CCCCC.[Zn+2]. The summed E-state index contributed by atoms with van der Waals surface area (Å²) >= 11 is 20.1. The zero-order valence-corrected chi connectivity index (χ0v) is 32.4. The number of anilines is 2. The first-order chi connectivity index (χ1) is 19.4. The van der Waals surface area contributed by atoms with Crippen LogP contribution in [0.5, 0.6) is 0 Å². The topological polar surface area (TPSA) is 24.1 Å². The minimum Gasteiger partial charge on any atom is -0.411 e. The molecule has 0 bridgehead atoms. The minimum atomic E-state index is 0. The smallest absolute Gasteiger partial charge is 0.411 e. The van der Waals surface area contributed by atoms with Gasteiger partial charge < -0.3 is 60.3 Å². The van der Waals surface area contributed by atoms with Gasteiger partial charge in [-0.1, -0.05) is 112 Å². The first kappa shape index (κ1) is 40.3. The Morgan fingerprint density at radius 2 is 0.854 bits per heavy atom. The molecule has 0 fully saturated rings. The van der Waals surface area contributed by atoms with E-state index >= 15 is 0 Å². The molecule has 0 unspecified atom stereocenters. The average Bonchev–Trinajstić information content (AvgIpc) is 2.91. The van der Waals surface area contributed by atoms with E-state index in [1.54, 1.807) is 0 Å². The van der Waals surface area contributed by atoms with Crippen LogP contribution in [-0.2, 0) is 70.4 Å². The molecule has 224 valence electrons. The number of benzene rings is 2. The molecule has 0 aliphatic carbocycles. The van der Waals surface area contributed by atoms with Gasteiger partial charge in [0, 0.05) is 11.4 Å². The van der Waals surface area contributed by atoms with Crippen LogP contribution in [0.25, 0.3) is 0 Å². The second-order valence-corrected chi connectivity index (χ2v) is 12.7. The molecule has 0 aromatic heterocycles. The van der Waals surface area contributed by atoms with Crippen LogP contribution in [0.15, 0.2) is 36.4 Å². The Hall–Kier alpha value is -0.717. The van der Waals surface area contributed by atoms with Crippen LogP contribution < -0.4 is 10.6 Å². The molecule has 2 nitrogen and oxygen atoms in total. The largest absolute Gasteiger partial charge is 2.00 e. The molecule has 0 atom stereocenters. The number of nitrogens with one attached hydrogen (secondary N) is 2. The second kappa shape index (κ2) is 25.8. The summed E-state index contributed by atoms with van der Waals surface area (Å²) in [5.74, 6) is 0. The fourth-order valence-corrected chi connectivity index (χ4v) is 5.46. The average molecular weight is 682 g/mol. The third-order valence-electron chi connectivity index (χ3n) is 7.18. The van der Waals surface area contributed by atoms with Gasteiger partial charge >= 0.3 is 19.5 Å². The van der Waals surface area contributed by atoms with Gasteiger partial charge in [-0.05, 0) is 85.8 Å². The predicted octanol–water partition coefficient (Wildman–Crippen LogP) is 10.8. The summed E-state index contributed by atoms with van der Waals surface area (Å²) in [7, 11) is 0. The number of hydrogen-bond acceptors (Lipinski definition) is 4. The molecule has 2 rings (SSSR count). The van der Waals surface area contributed by atoms with E-state index in [0.717, 1.165) is 37.1 Å². The molecule has 0 saturated heterocycles. The van der Waals surface area contributed by atoms with E-state index in [2.05, 4.69) is 74.7 Å². The van der Waals surface area contributed by atoms with Gasteiger partial charge in [0.05, 0.1) is 0 Å². The van der Waals surface area contributed by atoms with E-state index in [1.165, 1.54) is 99.3 Å². The maximum Gasteiger partial charge on any atom is 2.00 e. The summed E-state index contributed by atoms with van der Waals surface area (Å²) in [6.07, 6.45) is 19.7. The number of aryl methyl sites for hydroxylation is 2. The van der Waals surface area contributed by atoms with Gasteiger partial charge in [0.1, 0.15) is 0 Å². The van der Waals surface area contributed by atoms with Crippen molar-refractivity contribution in [1.82, 2.24) is 0 Å². The van der Waals surface area contributed by atoms with E-state index < -0.39 is 0 Å². The van der Waals surface area contributed by atoms with Crippen molar-refractivity contribution in [2.24, 2.45) is 0 Å². The molecule has 0 aliphatic rings. The Kier molecular flexibility index (Phi) is 25.3. The zero-order chi connectivity index (χ0) is 29.6. The number of unbranched alkanes of at least 4 members (excludes halogenated alkanes) is 8. The van der Waals surface area contributed by atoms with Crippen LogP contribution in [0.1, 0.15) is 127 Å². The van der Waals surface area contributed by atoms with Gasteiger partial charge in [-0.3, -0.25) is 0 Å². The summed E-state index contributed by atoms with van der Waals surface area (Å²) in [5, 5.41) is 6.35. The minimum absolute atomic E-state index is 0. The summed E-state index contributed by atoms with van der Waals surface area (Å²) in [6, 6.07) is 12.9. The molecular weight excluding hydrogens is 630 g/mol. The predicted molar refractivity (Wildman–Crippen MR) is 193 cm³/mol. The van der Waals surface area contributed by atoms with Crippen LogP contribution in [-0.4, -0.2) is 8.64 Å². The molecule has 0 heterocycles. The van der Waals surface area contributed by atoms with Crippen LogP contribution in [0.2, 0.25) is 0 Å². The fourth-order valence-electron chi connectivity index (χ4n) is 5.02. The third-order valence-corrected chi connectivity index (χ3v) is 7.59. The number of thiocarbonyl (C=S) groups is 2. The Labute approximate surface area is 287 Å². The normalized spacial score (nSPS) is 10.2. The molecule has 7 heteroatoms. The first-order valence-electron chi connectivity index (χ1n) is 15.5. The Morgan fingerprint density at radius 1 is 0.537 bits per heavy atom. The standard InChI is InChI=1S/2C17H27NS2.Zn/c2*1-3-5-7-10-14-11-9-13-16(18-17(19)20)15(14)12-8-6-4-2;/h2*9,11,13H,3-8,10,12H2,1-2H3,(H2,18,19,20);/q;;+2/p-2. The van der Waals surface area contributed by atoms with E-state index in [4.69, 9.17) is 49.7 Å². The molecule has 0 spiro atoms. The summed E-state index contributed by atoms with van der Waals surface area (Å²) in [6.45, 7) is 8.97. The van der Waals surface area contributed by atoms with E-state index in [9.17, 15) is 0 Å². The summed E-state index contributed by atoms with van der Waals surface area (Å²) < 4.78 is 0.875.